The fourth-order valence-electron chi connectivity index (χ4n) is 1.05. The molecule has 0 aromatic heterocycles. The van der Waals surface area contributed by atoms with E-state index in [1.54, 1.807) is 12.1 Å². The van der Waals surface area contributed by atoms with Gasteiger partial charge in [-0.1, -0.05) is 43.1 Å². The number of amides is 1. The first-order valence-corrected chi connectivity index (χ1v) is 5.34. The van der Waals surface area contributed by atoms with E-state index in [1.807, 2.05) is 18.2 Å². The van der Waals surface area contributed by atoms with Crippen LogP contribution >= 0.6 is 12.8 Å². The predicted molar refractivity (Wildman–Crippen MR) is 64.5 cm³/mol. The zero-order valence-corrected chi connectivity index (χ0v) is 10.1. The van der Waals surface area contributed by atoms with Gasteiger partial charge >= 0.3 is 12.1 Å². The summed E-state index contributed by atoms with van der Waals surface area (Å²) in [5.74, 6) is -1.14. The van der Waals surface area contributed by atoms with E-state index in [0.717, 1.165) is 9.87 Å². The van der Waals surface area contributed by atoms with Gasteiger partial charge in [-0.25, -0.2) is 13.9 Å². The van der Waals surface area contributed by atoms with E-state index in [-0.39, 0.29) is 6.61 Å². The van der Waals surface area contributed by atoms with E-state index in [1.165, 1.54) is 6.92 Å². The van der Waals surface area contributed by atoms with Gasteiger partial charge in [0.2, 0.25) is 0 Å². The summed E-state index contributed by atoms with van der Waals surface area (Å²) >= 11 is 3.78. The summed E-state index contributed by atoms with van der Waals surface area (Å²) in [6.45, 7) is 1.43. The second-order valence-electron chi connectivity index (χ2n) is 3.40. The number of rotatable bonds is 4. The number of aliphatic carboxylic acids is 1. The molecule has 1 aromatic carbocycles. The summed E-state index contributed by atoms with van der Waals surface area (Å²) in [5, 5.41) is 8.69. The quantitative estimate of drug-likeness (QED) is 0.807. The van der Waals surface area contributed by atoms with Gasteiger partial charge in [0.15, 0.2) is 0 Å². The highest BCUT2D eigenvalue weighted by Crippen LogP contribution is 2.08. The van der Waals surface area contributed by atoms with Gasteiger partial charge in [-0.2, -0.15) is 0 Å². The highest BCUT2D eigenvalue weighted by Gasteiger charge is 2.23. The van der Waals surface area contributed by atoms with E-state index in [9.17, 15) is 9.59 Å². The number of ether oxygens (including phenoxy) is 1. The van der Waals surface area contributed by atoms with Gasteiger partial charge in [-0.15, -0.1) is 0 Å². The molecule has 0 radical (unpaired) electrons. The third kappa shape index (κ3) is 3.99. The SMILES string of the molecule is C[C@H](C(=O)O)N(S)C(=O)OCc1ccccc1. The minimum Gasteiger partial charge on any atom is -0.480 e. The lowest BCUT2D eigenvalue weighted by atomic mass is 10.2. The maximum atomic E-state index is 11.4. The van der Waals surface area contributed by atoms with Crippen LogP contribution < -0.4 is 0 Å². The fraction of sp³-hybridized carbons (Fsp3) is 0.273. The van der Waals surface area contributed by atoms with Crippen LogP contribution in [0.15, 0.2) is 30.3 Å². The van der Waals surface area contributed by atoms with Crippen LogP contribution in [0.3, 0.4) is 0 Å². The Bertz CT molecular complexity index is 396. The highest BCUT2D eigenvalue weighted by molar-refractivity contribution is 7.78. The maximum Gasteiger partial charge on any atom is 0.420 e. The average Bonchev–Trinajstić information content (AvgIpc) is 2.35. The van der Waals surface area contributed by atoms with Crippen molar-refractivity contribution in [3.8, 4) is 0 Å². The van der Waals surface area contributed by atoms with Crippen molar-refractivity contribution < 1.29 is 19.4 Å². The molecule has 0 spiro atoms. The molecule has 5 nitrogen and oxygen atoms in total. The Morgan fingerprint density at radius 1 is 1.41 bits per heavy atom. The van der Waals surface area contributed by atoms with Gasteiger partial charge in [0.05, 0.1) is 0 Å². The monoisotopic (exact) mass is 255 g/mol. The Morgan fingerprint density at radius 2 is 2.00 bits per heavy atom. The van der Waals surface area contributed by atoms with Crippen LogP contribution in [0.2, 0.25) is 0 Å². The molecule has 1 aromatic rings. The van der Waals surface area contributed by atoms with Gasteiger partial charge in [-0.05, 0) is 12.5 Å². The number of benzene rings is 1. The van der Waals surface area contributed by atoms with Crippen molar-refractivity contribution in [3.63, 3.8) is 0 Å². The van der Waals surface area contributed by atoms with E-state index in [4.69, 9.17) is 9.84 Å². The fourth-order valence-corrected chi connectivity index (χ4v) is 1.20. The number of carbonyl (C=O) groups excluding carboxylic acids is 1. The van der Waals surface area contributed by atoms with Crippen LogP contribution in [-0.2, 0) is 16.1 Å². The van der Waals surface area contributed by atoms with Gasteiger partial charge in [-0.3, -0.25) is 0 Å². The van der Waals surface area contributed by atoms with Crippen LogP contribution in [0, 0.1) is 0 Å². The van der Waals surface area contributed by atoms with E-state index >= 15 is 0 Å². The lowest BCUT2D eigenvalue weighted by Crippen LogP contribution is -2.36. The second kappa shape index (κ2) is 6.15. The van der Waals surface area contributed by atoms with Gasteiger partial charge in [0.25, 0.3) is 0 Å². The summed E-state index contributed by atoms with van der Waals surface area (Å²) in [7, 11) is 0. The molecule has 0 saturated carbocycles. The lowest BCUT2D eigenvalue weighted by molar-refractivity contribution is -0.140. The number of thiol groups is 1. The molecule has 1 rings (SSSR count). The maximum absolute atomic E-state index is 11.4. The molecule has 0 saturated heterocycles. The molecule has 6 heteroatoms. The second-order valence-corrected chi connectivity index (χ2v) is 3.83. The Morgan fingerprint density at radius 3 is 2.53 bits per heavy atom. The summed E-state index contributed by atoms with van der Waals surface area (Å²) in [6, 6.07) is 8.06. The van der Waals surface area contributed by atoms with Gasteiger partial charge in [0, 0.05) is 0 Å². The number of hydrogen-bond donors (Lipinski definition) is 2. The molecule has 0 aliphatic carbocycles. The molecular formula is C11H13NO4S. The Balaban J connectivity index is 2.47. The first kappa shape index (κ1) is 13.4. The number of carboxylic acids is 1. The number of carboxylic acid groups (broad SMARTS) is 1. The summed E-state index contributed by atoms with van der Waals surface area (Å²) < 4.78 is 5.65. The number of nitrogens with zero attached hydrogens (tertiary/aromatic N) is 1. The van der Waals surface area contributed by atoms with Crippen molar-refractivity contribution in [1.29, 1.82) is 0 Å². The molecule has 0 fully saturated rings. The zero-order valence-electron chi connectivity index (χ0n) is 9.24. The zero-order chi connectivity index (χ0) is 12.8. The summed E-state index contributed by atoms with van der Waals surface area (Å²) in [4.78, 5) is 22.0. The third-order valence-electron chi connectivity index (χ3n) is 2.12. The minimum absolute atomic E-state index is 0.0864. The van der Waals surface area contributed by atoms with Crippen LogP contribution in [0.1, 0.15) is 12.5 Å². The van der Waals surface area contributed by atoms with Crippen molar-refractivity contribution >= 4 is 24.9 Å². The van der Waals surface area contributed by atoms with Crippen molar-refractivity contribution in [2.45, 2.75) is 19.6 Å². The van der Waals surface area contributed by atoms with E-state index in [2.05, 4.69) is 12.8 Å². The molecule has 1 N–H and O–H groups in total. The molecule has 1 atom stereocenters. The molecule has 0 aliphatic heterocycles. The average molecular weight is 255 g/mol. The topological polar surface area (TPSA) is 66.8 Å². The van der Waals surface area contributed by atoms with Crippen LogP contribution in [0.25, 0.3) is 0 Å². The number of carbonyl (C=O) groups is 2. The van der Waals surface area contributed by atoms with Gasteiger partial charge in [0.1, 0.15) is 12.6 Å². The molecule has 0 heterocycles. The third-order valence-corrected chi connectivity index (χ3v) is 2.63. The smallest absolute Gasteiger partial charge is 0.420 e. The van der Waals surface area contributed by atoms with E-state index in [0.29, 0.717) is 0 Å². The molecular weight excluding hydrogens is 242 g/mol. The standard InChI is InChI=1S/C11H13NO4S/c1-8(10(13)14)12(17)11(15)16-7-9-5-3-2-4-6-9/h2-6,8,17H,7H2,1H3,(H,13,14)/t8-/m1/s1. The Labute approximate surface area is 105 Å². The minimum atomic E-state index is -1.14. The molecule has 1 amide bonds. The first-order chi connectivity index (χ1) is 8.02. The lowest BCUT2D eigenvalue weighted by Gasteiger charge is -2.19. The first-order valence-electron chi connectivity index (χ1n) is 4.94. The van der Waals surface area contributed by atoms with Crippen molar-refractivity contribution in [3.05, 3.63) is 35.9 Å². The molecule has 0 aliphatic rings. The number of hydrogen-bond acceptors (Lipinski definition) is 4. The highest BCUT2D eigenvalue weighted by atomic mass is 32.1. The predicted octanol–water partition coefficient (Wildman–Crippen LogP) is 1.94. The summed E-state index contributed by atoms with van der Waals surface area (Å²) in [6.07, 6.45) is -0.785. The molecule has 0 unspecified atom stereocenters. The van der Waals surface area contributed by atoms with Crippen molar-refractivity contribution in [2.24, 2.45) is 0 Å². The van der Waals surface area contributed by atoms with E-state index < -0.39 is 18.1 Å². The summed E-state index contributed by atoms with van der Waals surface area (Å²) in [5.41, 5.74) is 0.825. The van der Waals surface area contributed by atoms with Crippen molar-refractivity contribution in [1.82, 2.24) is 4.31 Å². The largest absolute Gasteiger partial charge is 0.480 e. The molecule has 92 valence electrons. The Kier molecular flexibility index (Phi) is 4.84. The normalized spacial score (nSPS) is 11.6. The van der Waals surface area contributed by atoms with Crippen LogP contribution in [0.4, 0.5) is 4.79 Å². The van der Waals surface area contributed by atoms with Gasteiger partial charge < -0.3 is 9.84 Å². The molecule has 0 bridgehead atoms. The Hall–Kier alpha value is -1.69. The van der Waals surface area contributed by atoms with Crippen LogP contribution in [-0.4, -0.2) is 27.5 Å². The van der Waals surface area contributed by atoms with Crippen LogP contribution in [0.5, 0.6) is 0 Å². The molecule has 17 heavy (non-hydrogen) atoms. The van der Waals surface area contributed by atoms with Crippen molar-refractivity contribution in [2.75, 3.05) is 0 Å².